The molecule has 4 nitrogen and oxygen atoms in total. The van der Waals surface area contributed by atoms with Crippen LogP contribution in [0.3, 0.4) is 0 Å². The Morgan fingerprint density at radius 1 is 1.20 bits per heavy atom. The molecule has 0 fully saturated rings. The van der Waals surface area contributed by atoms with E-state index in [1.54, 1.807) is 42.5 Å². The normalized spacial score (nSPS) is 10.7. The number of thiophene rings is 1. The lowest BCUT2D eigenvalue weighted by atomic mass is 10.1. The number of amides is 1. The maximum atomic E-state index is 12.7. The summed E-state index contributed by atoms with van der Waals surface area (Å²) >= 11 is 7.73. The number of hydrogen-bond donors (Lipinski definition) is 1. The van der Waals surface area contributed by atoms with Gasteiger partial charge in [-0.15, -0.1) is 11.3 Å². The fraction of sp³-hybridized carbons (Fsp3) is 0.158. The first-order valence-corrected chi connectivity index (χ1v) is 9.02. The van der Waals surface area contributed by atoms with E-state index in [1.165, 1.54) is 6.07 Å². The number of aryl methyl sites for hydroxylation is 1. The summed E-state index contributed by atoms with van der Waals surface area (Å²) in [6.45, 7) is 4.29. The van der Waals surface area contributed by atoms with Crippen LogP contribution in [0.15, 0.2) is 52.6 Å². The quantitative estimate of drug-likeness (QED) is 0.734. The van der Waals surface area contributed by atoms with Gasteiger partial charge in [0, 0.05) is 22.3 Å². The molecule has 0 saturated heterocycles. The third-order valence-electron chi connectivity index (χ3n) is 4.02. The van der Waals surface area contributed by atoms with E-state index < -0.39 is 5.91 Å². The van der Waals surface area contributed by atoms with E-state index in [9.17, 15) is 9.59 Å². The first-order valence-electron chi connectivity index (χ1n) is 7.76. The summed E-state index contributed by atoms with van der Waals surface area (Å²) in [5.41, 5.74) is 1.80. The molecule has 0 bridgehead atoms. The maximum Gasteiger partial charge on any atom is 0.261 e. The van der Waals surface area contributed by atoms with E-state index in [0.29, 0.717) is 22.9 Å². The average Bonchev–Trinajstić information content (AvgIpc) is 3.06. The van der Waals surface area contributed by atoms with Crippen molar-refractivity contribution in [1.29, 1.82) is 0 Å². The van der Waals surface area contributed by atoms with Crippen LogP contribution in [0, 0.1) is 13.8 Å². The van der Waals surface area contributed by atoms with Gasteiger partial charge in [-0.2, -0.15) is 0 Å². The van der Waals surface area contributed by atoms with Gasteiger partial charge in [0.05, 0.1) is 17.3 Å². The third kappa shape index (κ3) is 3.67. The summed E-state index contributed by atoms with van der Waals surface area (Å²) in [6, 6.07) is 12.5. The smallest absolute Gasteiger partial charge is 0.261 e. The van der Waals surface area contributed by atoms with Crippen molar-refractivity contribution in [2.24, 2.45) is 0 Å². The van der Waals surface area contributed by atoms with Gasteiger partial charge < -0.3 is 9.88 Å². The summed E-state index contributed by atoms with van der Waals surface area (Å²) in [4.78, 5) is 26.3. The summed E-state index contributed by atoms with van der Waals surface area (Å²) < 4.78 is 1.98. The molecule has 0 aliphatic carbocycles. The van der Waals surface area contributed by atoms with Crippen LogP contribution in [0.1, 0.15) is 26.6 Å². The Bertz CT molecular complexity index is 978. The van der Waals surface area contributed by atoms with E-state index in [2.05, 4.69) is 5.32 Å². The molecule has 2 aromatic heterocycles. The van der Waals surface area contributed by atoms with E-state index in [1.807, 2.05) is 29.0 Å². The minimum absolute atomic E-state index is 0.141. The van der Waals surface area contributed by atoms with Crippen LogP contribution in [0.4, 0.5) is 5.69 Å². The van der Waals surface area contributed by atoms with Gasteiger partial charge in [-0.3, -0.25) is 9.59 Å². The molecule has 0 saturated carbocycles. The molecule has 2 heterocycles. The van der Waals surface area contributed by atoms with Gasteiger partial charge in [0.25, 0.3) is 5.91 Å². The molecule has 6 heteroatoms. The molecule has 0 unspecified atom stereocenters. The topological polar surface area (TPSA) is 51.1 Å². The first kappa shape index (κ1) is 17.5. The number of para-hydroxylation sites is 1. The molecule has 0 aliphatic heterocycles. The number of carbonyl (C=O) groups excluding carboxylic acids is 1. The van der Waals surface area contributed by atoms with Gasteiger partial charge in [0.15, 0.2) is 5.43 Å². The second-order valence-corrected chi connectivity index (χ2v) is 7.15. The number of carbonyl (C=O) groups is 1. The van der Waals surface area contributed by atoms with Gasteiger partial charge in [0.2, 0.25) is 0 Å². The molecule has 25 heavy (non-hydrogen) atoms. The number of halogens is 1. The van der Waals surface area contributed by atoms with Crippen LogP contribution >= 0.6 is 22.9 Å². The molecule has 1 N–H and O–H groups in total. The van der Waals surface area contributed by atoms with Crippen molar-refractivity contribution in [2.75, 3.05) is 5.32 Å². The van der Waals surface area contributed by atoms with Crippen molar-refractivity contribution in [3.8, 4) is 0 Å². The molecule has 128 valence electrons. The molecular weight excluding hydrogens is 356 g/mol. The molecule has 0 aliphatic rings. The molecule has 1 aromatic carbocycles. The third-order valence-corrected chi connectivity index (χ3v) is 5.21. The second-order valence-electron chi connectivity index (χ2n) is 5.71. The lowest BCUT2D eigenvalue weighted by Gasteiger charge is -2.17. The van der Waals surface area contributed by atoms with E-state index in [0.717, 1.165) is 10.6 Å². The maximum absolute atomic E-state index is 12.7. The predicted molar refractivity (Wildman–Crippen MR) is 103 cm³/mol. The standard InChI is InChI=1S/C19H17ClN2O2S/c1-12-10-17(23)18(13(2)22(12)11-14-6-5-9-25-14)19(24)21-16-8-4-3-7-15(16)20/h3-10H,11H2,1-2H3,(H,21,24). The van der Waals surface area contributed by atoms with Crippen molar-refractivity contribution >= 4 is 34.5 Å². The average molecular weight is 373 g/mol. The number of anilines is 1. The van der Waals surface area contributed by atoms with Crippen molar-refractivity contribution in [3.63, 3.8) is 0 Å². The number of hydrogen-bond acceptors (Lipinski definition) is 3. The Labute approximate surface area is 154 Å². The Morgan fingerprint density at radius 2 is 1.96 bits per heavy atom. The van der Waals surface area contributed by atoms with Crippen LogP contribution in [0.5, 0.6) is 0 Å². The highest BCUT2D eigenvalue weighted by Gasteiger charge is 2.18. The molecule has 0 radical (unpaired) electrons. The highest BCUT2D eigenvalue weighted by Crippen LogP contribution is 2.22. The molecular formula is C19H17ClN2O2S. The van der Waals surface area contributed by atoms with Crippen molar-refractivity contribution in [3.05, 3.63) is 84.9 Å². The van der Waals surface area contributed by atoms with E-state index >= 15 is 0 Å². The molecule has 0 atom stereocenters. The predicted octanol–water partition coefficient (Wildman–Crippen LogP) is 4.48. The van der Waals surface area contributed by atoms with Crippen LogP contribution in [-0.2, 0) is 6.54 Å². The molecule has 3 aromatic rings. The second kappa shape index (κ2) is 7.25. The molecule has 3 rings (SSSR count). The lowest BCUT2D eigenvalue weighted by molar-refractivity contribution is 0.102. The number of rotatable bonds is 4. The van der Waals surface area contributed by atoms with E-state index in [4.69, 9.17) is 11.6 Å². The zero-order valence-electron chi connectivity index (χ0n) is 13.9. The van der Waals surface area contributed by atoms with Crippen LogP contribution in [-0.4, -0.2) is 10.5 Å². The summed E-state index contributed by atoms with van der Waals surface area (Å²) in [5.74, 6) is -0.449. The Morgan fingerprint density at radius 3 is 2.64 bits per heavy atom. The summed E-state index contributed by atoms with van der Waals surface area (Å²) in [6.07, 6.45) is 0. The fourth-order valence-electron chi connectivity index (χ4n) is 2.74. The van der Waals surface area contributed by atoms with Crippen LogP contribution in [0.2, 0.25) is 5.02 Å². The SMILES string of the molecule is Cc1cc(=O)c(C(=O)Nc2ccccc2Cl)c(C)n1Cc1cccs1. The molecule has 0 spiro atoms. The van der Waals surface area contributed by atoms with E-state index in [-0.39, 0.29) is 11.0 Å². The minimum atomic E-state index is -0.449. The van der Waals surface area contributed by atoms with Gasteiger partial charge >= 0.3 is 0 Å². The fourth-order valence-corrected chi connectivity index (χ4v) is 3.62. The van der Waals surface area contributed by atoms with Crippen molar-refractivity contribution in [2.45, 2.75) is 20.4 Å². The summed E-state index contributed by atoms with van der Waals surface area (Å²) in [5, 5.41) is 5.17. The highest BCUT2D eigenvalue weighted by atomic mass is 35.5. The van der Waals surface area contributed by atoms with Crippen molar-refractivity contribution in [1.82, 2.24) is 4.57 Å². The van der Waals surface area contributed by atoms with Gasteiger partial charge in [-0.1, -0.05) is 29.8 Å². The monoisotopic (exact) mass is 372 g/mol. The highest BCUT2D eigenvalue weighted by molar-refractivity contribution is 7.09. The number of pyridine rings is 1. The van der Waals surface area contributed by atoms with Crippen LogP contribution in [0.25, 0.3) is 0 Å². The van der Waals surface area contributed by atoms with Gasteiger partial charge in [-0.25, -0.2) is 0 Å². The van der Waals surface area contributed by atoms with Crippen LogP contribution < -0.4 is 10.7 Å². The lowest BCUT2D eigenvalue weighted by Crippen LogP contribution is -2.27. The Kier molecular flexibility index (Phi) is 5.06. The minimum Gasteiger partial charge on any atom is -0.343 e. The van der Waals surface area contributed by atoms with Gasteiger partial charge in [-0.05, 0) is 37.4 Å². The Hall–Kier alpha value is -2.37. The number of aromatic nitrogens is 1. The largest absolute Gasteiger partial charge is 0.343 e. The zero-order valence-corrected chi connectivity index (χ0v) is 15.4. The Balaban J connectivity index is 1.99. The van der Waals surface area contributed by atoms with Crippen molar-refractivity contribution < 1.29 is 4.79 Å². The molecule has 1 amide bonds. The number of nitrogens with zero attached hydrogens (tertiary/aromatic N) is 1. The summed E-state index contributed by atoms with van der Waals surface area (Å²) in [7, 11) is 0. The first-order chi connectivity index (χ1) is 12.0. The number of nitrogens with one attached hydrogen (secondary N) is 1. The van der Waals surface area contributed by atoms with Gasteiger partial charge in [0.1, 0.15) is 5.56 Å². The zero-order chi connectivity index (χ0) is 18.0. The number of benzene rings is 1.